The van der Waals surface area contributed by atoms with E-state index >= 15 is 0 Å². The van der Waals surface area contributed by atoms with Crippen molar-refractivity contribution in [2.24, 2.45) is 0 Å². The Bertz CT molecular complexity index is 6730. The van der Waals surface area contributed by atoms with Crippen LogP contribution in [0.2, 0.25) is 0 Å². The fraction of sp³-hybridized carbons (Fsp3) is 0. The zero-order chi connectivity index (χ0) is 75.4. The van der Waals surface area contributed by atoms with E-state index in [0.717, 1.165) is 173 Å². The molecule has 0 aliphatic rings. The Morgan fingerprint density at radius 1 is 0.167 bits per heavy atom. The third-order valence-corrected chi connectivity index (χ3v) is 22.5. The second-order valence-corrected chi connectivity index (χ2v) is 29.1. The summed E-state index contributed by atoms with van der Waals surface area (Å²) in [5, 5.41) is 6.97. The van der Waals surface area contributed by atoms with Crippen LogP contribution in [0.25, 0.3) is 149 Å². The summed E-state index contributed by atoms with van der Waals surface area (Å²) < 4.78 is 15.3. The first-order valence-corrected chi connectivity index (χ1v) is 38.8. The van der Waals surface area contributed by atoms with E-state index < -0.39 is 0 Å². The number of hydrogen-bond acceptors (Lipinski definition) is 5. The fourth-order valence-corrected chi connectivity index (χ4v) is 16.8. The Morgan fingerprint density at radius 3 is 0.781 bits per heavy atom. The molecular formula is C108H72N4O2. The zero-order valence-electron chi connectivity index (χ0n) is 62.2. The van der Waals surface area contributed by atoms with E-state index in [1.807, 2.05) is 24.3 Å². The Hall–Kier alpha value is -15.2. The van der Waals surface area contributed by atoms with E-state index in [2.05, 4.69) is 432 Å². The Labute approximate surface area is 661 Å². The van der Waals surface area contributed by atoms with Gasteiger partial charge >= 0.3 is 0 Å². The minimum absolute atomic E-state index is 0.898. The minimum atomic E-state index is 0.898. The molecule has 0 aliphatic heterocycles. The number of hydrogen-bond donors (Lipinski definition) is 0. The lowest BCUT2D eigenvalue weighted by Gasteiger charge is -2.26. The first-order chi connectivity index (χ1) is 56.5. The maximum atomic E-state index is 6.44. The highest BCUT2D eigenvalue weighted by Crippen LogP contribution is 2.45. The topological polar surface area (TPSA) is 40.9 Å². The Balaban J connectivity index is 0.551. The van der Waals surface area contributed by atoms with Gasteiger partial charge in [0.05, 0.1) is 11.0 Å². The van der Waals surface area contributed by atoms with Gasteiger partial charge in [0, 0.05) is 100 Å². The number of para-hydroxylation sites is 8. The number of anilines is 9. The molecule has 0 aliphatic carbocycles. The molecule has 21 rings (SSSR count). The molecule has 0 radical (unpaired) electrons. The molecule has 18 aromatic carbocycles. The van der Waals surface area contributed by atoms with E-state index in [1.165, 1.54) is 27.4 Å². The van der Waals surface area contributed by atoms with Gasteiger partial charge < -0.3 is 28.1 Å². The second kappa shape index (κ2) is 28.6. The maximum absolute atomic E-state index is 6.44. The van der Waals surface area contributed by atoms with Crippen LogP contribution in [0.15, 0.2) is 446 Å². The lowest BCUT2D eigenvalue weighted by molar-refractivity contribution is 0.669. The molecule has 6 nitrogen and oxygen atoms in total. The summed E-state index contributed by atoms with van der Waals surface area (Å²) in [5.74, 6) is 0. The summed E-state index contributed by atoms with van der Waals surface area (Å²) in [7, 11) is 0. The normalized spacial score (nSPS) is 11.5. The molecule has 0 atom stereocenters. The highest BCUT2D eigenvalue weighted by Gasteiger charge is 2.22. The molecule has 3 heterocycles. The van der Waals surface area contributed by atoms with Crippen molar-refractivity contribution in [2.45, 2.75) is 0 Å². The maximum Gasteiger partial charge on any atom is 0.143 e. The van der Waals surface area contributed by atoms with Crippen molar-refractivity contribution in [3.63, 3.8) is 0 Å². The van der Waals surface area contributed by atoms with Crippen LogP contribution in [0.1, 0.15) is 0 Å². The molecule has 114 heavy (non-hydrogen) atoms. The van der Waals surface area contributed by atoms with Crippen molar-refractivity contribution in [3.8, 4) is 83.6 Å². The van der Waals surface area contributed by atoms with E-state index in [-0.39, 0.29) is 0 Å². The van der Waals surface area contributed by atoms with Crippen LogP contribution in [0.3, 0.4) is 0 Å². The van der Waals surface area contributed by atoms with Crippen molar-refractivity contribution in [2.75, 3.05) is 14.7 Å². The van der Waals surface area contributed by atoms with Gasteiger partial charge in [-0.2, -0.15) is 0 Å². The van der Waals surface area contributed by atoms with E-state index in [9.17, 15) is 0 Å². The van der Waals surface area contributed by atoms with Gasteiger partial charge in [-0.3, -0.25) is 0 Å². The van der Waals surface area contributed by atoms with Gasteiger partial charge in [0.25, 0.3) is 0 Å². The zero-order valence-corrected chi connectivity index (χ0v) is 62.2. The van der Waals surface area contributed by atoms with Crippen molar-refractivity contribution in [3.05, 3.63) is 437 Å². The standard InChI is InChI=1S/C108H72N4O2/c1-4-18-85(19-5-1)109(93-67-52-82(53-68-93)95-27-16-29-100-98-25-11-14-32-105(98)113-107(95)100)88-57-42-77(43-58-88)73-34-38-75(39-35-73)79-46-61-90(62-47-79)111(92-65-50-81(51-66-92)84-56-71-104-102(72-84)97-24-10-13-31-103(97)112(104)87-22-8-3-9-23-87)91-63-48-80(49-64-91)76-40-36-74(37-41-76)78-44-59-89(60-45-78)110(86-20-6-2-7-21-86)94-69-54-83(55-70-94)96-28-17-30-101-99-26-12-15-33-106(99)114-108(96)101/h1-72H. The molecule has 3 aromatic heterocycles. The van der Waals surface area contributed by atoms with Crippen LogP contribution in [0.4, 0.5) is 51.2 Å². The lowest BCUT2D eigenvalue weighted by Crippen LogP contribution is -2.09. The molecule has 0 amide bonds. The Morgan fingerprint density at radius 2 is 0.421 bits per heavy atom. The summed E-state index contributed by atoms with van der Waals surface area (Å²) >= 11 is 0. The monoisotopic (exact) mass is 1460 g/mol. The number of furan rings is 2. The van der Waals surface area contributed by atoms with Gasteiger partial charge in [-0.15, -0.1) is 0 Å². The van der Waals surface area contributed by atoms with Crippen LogP contribution in [0, 0.1) is 0 Å². The summed E-state index contributed by atoms with van der Waals surface area (Å²) in [6, 6.07) is 157. The fourth-order valence-electron chi connectivity index (χ4n) is 16.8. The van der Waals surface area contributed by atoms with Crippen molar-refractivity contribution in [1.82, 2.24) is 4.57 Å². The number of benzene rings is 18. The highest BCUT2D eigenvalue weighted by molar-refractivity contribution is 6.12. The van der Waals surface area contributed by atoms with Gasteiger partial charge in [-0.05, 0) is 218 Å². The largest absolute Gasteiger partial charge is 0.455 e. The summed E-state index contributed by atoms with van der Waals surface area (Å²) in [6.07, 6.45) is 0. The average Bonchev–Trinajstić information content (AvgIpc) is 1.60. The van der Waals surface area contributed by atoms with Crippen LogP contribution in [-0.4, -0.2) is 4.57 Å². The van der Waals surface area contributed by atoms with E-state index in [4.69, 9.17) is 8.83 Å². The summed E-state index contributed by atoms with van der Waals surface area (Å²) in [5.41, 5.74) is 32.6. The summed E-state index contributed by atoms with van der Waals surface area (Å²) in [6.45, 7) is 0. The highest BCUT2D eigenvalue weighted by atomic mass is 16.3. The molecule has 0 saturated heterocycles. The third kappa shape index (κ3) is 12.3. The van der Waals surface area contributed by atoms with Crippen LogP contribution < -0.4 is 14.7 Å². The molecule has 536 valence electrons. The van der Waals surface area contributed by atoms with Crippen molar-refractivity contribution < 1.29 is 8.83 Å². The minimum Gasteiger partial charge on any atom is -0.455 e. The van der Waals surface area contributed by atoms with E-state index in [1.54, 1.807) is 0 Å². The van der Waals surface area contributed by atoms with Crippen molar-refractivity contribution >= 4 is 117 Å². The number of rotatable bonds is 17. The first kappa shape index (κ1) is 66.9. The number of fused-ring (bicyclic) bond motifs is 9. The summed E-state index contributed by atoms with van der Waals surface area (Å²) in [4.78, 5) is 6.99. The first-order valence-electron chi connectivity index (χ1n) is 38.8. The van der Waals surface area contributed by atoms with Gasteiger partial charge in [0.2, 0.25) is 0 Å². The van der Waals surface area contributed by atoms with E-state index in [0.29, 0.717) is 0 Å². The molecule has 0 bridgehead atoms. The smallest absolute Gasteiger partial charge is 0.143 e. The average molecular weight is 1460 g/mol. The van der Waals surface area contributed by atoms with Gasteiger partial charge in [0.1, 0.15) is 22.3 Å². The number of nitrogens with zero attached hydrogens (tertiary/aromatic N) is 4. The molecule has 0 saturated carbocycles. The van der Waals surface area contributed by atoms with Gasteiger partial charge in [-0.1, -0.05) is 285 Å². The van der Waals surface area contributed by atoms with Crippen molar-refractivity contribution in [1.29, 1.82) is 0 Å². The molecule has 0 spiro atoms. The van der Waals surface area contributed by atoms with Gasteiger partial charge in [-0.25, -0.2) is 0 Å². The Kier molecular flexibility index (Phi) is 16.8. The van der Waals surface area contributed by atoms with Gasteiger partial charge in [0.15, 0.2) is 0 Å². The van der Waals surface area contributed by atoms with Crippen LogP contribution in [-0.2, 0) is 0 Å². The quantitative estimate of drug-likeness (QED) is 0.0909. The third-order valence-electron chi connectivity index (χ3n) is 22.5. The molecule has 0 N–H and O–H groups in total. The second-order valence-electron chi connectivity index (χ2n) is 29.1. The van der Waals surface area contributed by atoms with Crippen LogP contribution in [0.5, 0.6) is 0 Å². The predicted molar refractivity (Wildman–Crippen MR) is 477 cm³/mol. The molecule has 0 unspecified atom stereocenters. The predicted octanol–water partition coefficient (Wildman–Crippen LogP) is 30.7. The van der Waals surface area contributed by atoms with Crippen LogP contribution >= 0.6 is 0 Å². The SMILES string of the molecule is c1ccc(N(c2ccc(-c3ccc(-c4ccc(N(c5ccc(-c6ccc(-c7ccc(N(c8ccccc8)c8ccc(-c9cccc%10c9oc9ccccc9%10)cc8)cc7)cc6)cc5)c5ccc(-c6ccc7c(c6)c6ccccc6n7-c6ccccc6)cc5)cc4)cc3)cc2)c2ccc(-c3cccc4c3oc3ccccc34)cc2)cc1. The number of aromatic nitrogens is 1. The molecular weight excluding hydrogens is 1390 g/mol. The lowest BCUT2D eigenvalue weighted by atomic mass is 9.99. The molecule has 0 fully saturated rings. The molecule has 6 heteroatoms. The molecule has 21 aromatic rings.